The summed E-state index contributed by atoms with van der Waals surface area (Å²) in [4.78, 5) is 31.6. The van der Waals surface area contributed by atoms with E-state index in [4.69, 9.17) is 34.7 Å². The number of nitrogens with one attached hydrogen (secondary N) is 1. The summed E-state index contributed by atoms with van der Waals surface area (Å²) in [5.41, 5.74) is 16.2. The maximum absolute atomic E-state index is 13.9. The molecule has 4 atom stereocenters. The molecule has 0 saturated carbocycles. The average molecular weight is 633 g/mol. The monoisotopic (exact) mass is 631 g/mol. The Morgan fingerprint density at radius 2 is 1.76 bits per heavy atom. The third-order valence-electron chi connectivity index (χ3n) is 7.55. The van der Waals surface area contributed by atoms with Gasteiger partial charge < -0.3 is 26.6 Å². The van der Waals surface area contributed by atoms with Gasteiger partial charge >= 0.3 is 0 Å². The first-order valence-electron chi connectivity index (χ1n) is 14.2. The first kappa shape index (κ1) is 32.2. The predicted octanol–water partition coefficient (Wildman–Crippen LogP) is 4.76. The van der Waals surface area contributed by atoms with Gasteiger partial charge in [0.25, 0.3) is 0 Å². The number of benzene rings is 2. The lowest BCUT2D eigenvalue weighted by Crippen LogP contribution is -2.64. The van der Waals surface area contributed by atoms with E-state index >= 15 is 0 Å². The Morgan fingerprint density at radius 3 is 2.43 bits per heavy atom. The molecule has 12 heteroatoms. The third kappa shape index (κ3) is 8.41. The zero-order valence-corrected chi connectivity index (χ0v) is 26.3. The summed E-state index contributed by atoms with van der Waals surface area (Å²) in [7, 11) is 0. The highest BCUT2D eigenvalue weighted by Crippen LogP contribution is 2.28. The number of carbonyl (C=O) groups excluding carboxylic acids is 2. The minimum Gasteiger partial charge on any atom is -0.360 e. The molecule has 1 saturated heterocycles. The lowest BCUT2D eigenvalue weighted by molar-refractivity contribution is -0.149. The molecule has 1 aliphatic heterocycles. The Balaban J connectivity index is 1.55. The number of nitrogens with zero attached hydrogens (tertiary/aromatic N) is 4. The van der Waals surface area contributed by atoms with Gasteiger partial charge in [-0.3, -0.25) is 9.59 Å². The van der Waals surface area contributed by atoms with Crippen molar-refractivity contribution < 1.29 is 9.59 Å². The fraction of sp³-hybridized carbons (Fsp3) is 0.467. The Kier molecular flexibility index (Phi) is 11.6. The molecule has 2 aromatic carbocycles. The first-order valence-corrected chi connectivity index (χ1v) is 15.9. The molecule has 0 aliphatic carbocycles. The van der Waals surface area contributed by atoms with Crippen LogP contribution in [0.5, 0.6) is 0 Å². The second-order valence-corrected chi connectivity index (χ2v) is 12.8. The molecule has 1 fully saturated rings. The van der Waals surface area contributed by atoms with E-state index in [1.165, 1.54) is 11.3 Å². The van der Waals surface area contributed by atoms with Crippen molar-refractivity contribution in [2.45, 2.75) is 63.7 Å². The Morgan fingerprint density at radius 1 is 1.05 bits per heavy atom. The summed E-state index contributed by atoms with van der Waals surface area (Å²) >= 11 is 13.9. The molecule has 2 amide bonds. The molecule has 42 heavy (non-hydrogen) atoms. The van der Waals surface area contributed by atoms with Gasteiger partial charge in [-0.05, 0) is 54.9 Å². The van der Waals surface area contributed by atoms with E-state index in [0.29, 0.717) is 42.0 Å². The van der Waals surface area contributed by atoms with Crippen LogP contribution in [0.2, 0.25) is 10.0 Å². The van der Waals surface area contributed by atoms with Crippen LogP contribution in [0.25, 0.3) is 0 Å². The van der Waals surface area contributed by atoms with E-state index in [1.807, 2.05) is 40.1 Å². The van der Waals surface area contributed by atoms with Crippen molar-refractivity contribution in [3.05, 3.63) is 75.2 Å². The minimum absolute atomic E-state index is 0.131. The van der Waals surface area contributed by atoms with E-state index in [1.54, 1.807) is 23.7 Å². The number of amides is 2. The van der Waals surface area contributed by atoms with Gasteiger partial charge in [0.15, 0.2) is 0 Å². The van der Waals surface area contributed by atoms with Gasteiger partial charge in [0, 0.05) is 41.8 Å². The van der Waals surface area contributed by atoms with Crippen molar-refractivity contribution in [2.75, 3.05) is 25.0 Å². The molecular weight excluding hydrogens is 593 g/mol. The van der Waals surface area contributed by atoms with Crippen LogP contribution in [0.15, 0.2) is 54.0 Å². The van der Waals surface area contributed by atoms with Crippen LogP contribution in [0.3, 0.4) is 0 Å². The maximum atomic E-state index is 13.9. The lowest BCUT2D eigenvalue weighted by Gasteiger charge is -2.48. The summed E-state index contributed by atoms with van der Waals surface area (Å²) in [5.74, 6) is 0.0221. The Hall–Kier alpha value is -2.76. The highest BCUT2D eigenvalue weighted by Gasteiger charge is 2.41. The van der Waals surface area contributed by atoms with Crippen molar-refractivity contribution in [1.29, 1.82) is 0 Å². The zero-order chi connectivity index (χ0) is 30.2. The van der Waals surface area contributed by atoms with Crippen LogP contribution in [0.4, 0.5) is 5.13 Å². The van der Waals surface area contributed by atoms with Crippen molar-refractivity contribution >= 4 is 51.5 Å². The van der Waals surface area contributed by atoms with Gasteiger partial charge in [-0.15, -0.1) is 10.2 Å². The van der Waals surface area contributed by atoms with E-state index in [2.05, 4.69) is 29.4 Å². The maximum Gasteiger partial charge on any atom is 0.244 e. The topological polar surface area (TPSA) is 130 Å². The molecule has 0 radical (unpaired) electrons. The number of anilines is 1. The highest BCUT2D eigenvalue weighted by atomic mass is 35.5. The fourth-order valence-corrected chi connectivity index (χ4v) is 6.43. The quantitative estimate of drug-likeness (QED) is 0.246. The molecule has 226 valence electrons. The molecule has 5 N–H and O–H groups in total. The van der Waals surface area contributed by atoms with Crippen LogP contribution in [-0.4, -0.2) is 69.6 Å². The number of hydrogen-bond acceptors (Lipinski definition) is 8. The number of carbonyl (C=O) groups is 2. The summed E-state index contributed by atoms with van der Waals surface area (Å²) in [6.45, 7) is 5.67. The van der Waals surface area contributed by atoms with Crippen molar-refractivity contribution in [1.82, 2.24) is 20.0 Å². The molecule has 9 nitrogen and oxygen atoms in total. The third-order valence-corrected chi connectivity index (χ3v) is 8.79. The molecule has 4 rings (SSSR count). The summed E-state index contributed by atoms with van der Waals surface area (Å²) in [5, 5.41) is 12.9. The molecule has 1 aromatic heterocycles. The highest BCUT2D eigenvalue weighted by molar-refractivity contribution is 7.13. The van der Waals surface area contributed by atoms with Gasteiger partial charge in [-0.1, -0.05) is 84.8 Å². The zero-order valence-electron chi connectivity index (χ0n) is 24.0. The standard InChI is InChI=1S/C30H39Cl2N7O2S/c1-19(2)13-24-17-38(28(40)26(33)14-21-10-11-22(31)15-25(21)32)23(9-6-12-35-30-37-36-18-42-30)16-39(24)29(41)27(34)20-7-4-3-5-8-20/h3-5,7-8,10-11,15,18-19,23-24,26-27H,6,9,12-14,16-17,33-34H2,1-2H3,(H,35,37)/t23-,24+,26+,27?/m0/s1. The number of hydrogen-bond donors (Lipinski definition) is 3. The number of aromatic nitrogens is 2. The molecule has 0 spiro atoms. The van der Waals surface area contributed by atoms with Crippen LogP contribution >= 0.6 is 34.5 Å². The second-order valence-electron chi connectivity index (χ2n) is 11.2. The molecule has 1 aliphatic rings. The predicted molar refractivity (Wildman–Crippen MR) is 170 cm³/mol. The van der Waals surface area contributed by atoms with E-state index in [-0.39, 0.29) is 30.3 Å². The van der Waals surface area contributed by atoms with Gasteiger partial charge in [0.1, 0.15) is 11.6 Å². The van der Waals surface area contributed by atoms with Crippen LogP contribution < -0.4 is 16.8 Å². The number of rotatable bonds is 12. The van der Waals surface area contributed by atoms with Crippen molar-refractivity contribution in [2.24, 2.45) is 17.4 Å². The van der Waals surface area contributed by atoms with Crippen LogP contribution in [0.1, 0.15) is 50.3 Å². The van der Waals surface area contributed by atoms with E-state index < -0.39 is 12.1 Å². The van der Waals surface area contributed by atoms with Crippen molar-refractivity contribution in [3.8, 4) is 0 Å². The summed E-state index contributed by atoms with van der Waals surface area (Å²) in [6, 6.07) is 12.6. The number of halogens is 2. The minimum atomic E-state index is -0.792. The van der Waals surface area contributed by atoms with Crippen LogP contribution in [0, 0.1) is 5.92 Å². The van der Waals surface area contributed by atoms with E-state index in [0.717, 1.165) is 29.1 Å². The summed E-state index contributed by atoms with van der Waals surface area (Å²) < 4.78 is 0. The number of piperazine rings is 1. The molecule has 1 unspecified atom stereocenters. The van der Waals surface area contributed by atoms with Gasteiger partial charge in [0.05, 0.1) is 6.04 Å². The van der Waals surface area contributed by atoms with Crippen LogP contribution in [-0.2, 0) is 16.0 Å². The molecule has 0 bridgehead atoms. The largest absolute Gasteiger partial charge is 0.360 e. The first-order chi connectivity index (χ1) is 20.1. The second kappa shape index (κ2) is 15.1. The Labute approximate surface area is 261 Å². The van der Waals surface area contributed by atoms with Crippen molar-refractivity contribution in [3.63, 3.8) is 0 Å². The molecular formula is C30H39Cl2N7O2S. The Bertz CT molecular complexity index is 1310. The molecule has 3 aromatic rings. The number of nitrogens with two attached hydrogens (primary N) is 2. The van der Waals surface area contributed by atoms with E-state index in [9.17, 15) is 9.59 Å². The molecule has 2 heterocycles. The average Bonchev–Trinajstić information content (AvgIpc) is 3.49. The SMILES string of the molecule is CC(C)C[C@@H]1CN(C(=O)[C@H](N)Cc2ccc(Cl)cc2Cl)[C@@H](CCCNc2nncs2)CN1C(=O)C(N)c1ccccc1. The summed E-state index contributed by atoms with van der Waals surface area (Å²) in [6.07, 6.45) is 2.45. The normalized spacial score (nSPS) is 18.6. The smallest absolute Gasteiger partial charge is 0.244 e. The van der Waals surface area contributed by atoms with Gasteiger partial charge in [-0.2, -0.15) is 0 Å². The van der Waals surface area contributed by atoms with Gasteiger partial charge in [-0.25, -0.2) is 0 Å². The van der Waals surface area contributed by atoms with Gasteiger partial charge in [0.2, 0.25) is 16.9 Å². The lowest BCUT2D eigenvalue weighted by atomic mass is 9.93. The fourth-order valence-electron chi connectivity index (χ4n) is 5.47.